The Kier molecular flexibility index (Phi) is 1.90. The maximum absolute atomic E-state index is 12.2. The number of pyridine rings is 1. The highest BCUT2D eigenvalue weighted by Gasteiger charge is 2.38. The monoisotopic (exact) mass is 250 g/mol. The summed E-state index contributed by atoms with van der Waals surface area (Å²) in [4.78, 5) is 16.2. The topological polar surface area (TPSA) is 66.7 Å². The Balaban J connectivity index is 1.65. The minimum absolute atomic E-state index is 0.221. The Hall–Kier alpha value is -2.56. The van der Waals surface area contributed by atoms with Crippen molar-refractivity contribution in [2.45, 2.75) is 13.3 Å². The van der Waals surface area contributed by atoms with Crippen molar-refractivity contribution in [2.24, 2.45) is 10.2 Å². The lowest BCUT2D eigenvalue weighted by Gasteiger charge is -2.06. The van der Waals surface area contributed by atoms with Gasteiger partial charge in [-0.15, -0.1) is 10.2 Å². The maximum atomic E-state index is 12.2. The molecule has 1 aromatic heterocycles. The lowest BCUT2D eigenvalue weighted by molar-refractivity contribution is -0.112. The van der Waals surface area contributed by atoms with Gasteiger partial charge in [-0.3, -0.25) is 9.78 Å². The molecule has 2 aliphatic carbocycles. The van der Waals surface area contributed by atoms with E-state index in [0.29, 0.717) is 5.70 Å². The van der Waals surface area contributed by atoms with Gasteiger partial charge in [0.1, 0.15) is 0 Å². The summed E-state index contributed by atoms with van der Waals surface area (Å²) in [5.41, 5.74) is 6.34. The van der Waals surface area contributed by atoms with E-state index >= 15 is 0 Å². The first kappa shape index (κ1) is 10.4. The summed E-state index contributed by atoms with van der Waals surface area (Å²) in [5.74, 6) is -0.221. The maximum Gasteiger partial charge on any atom is 0.276 e. The Morgan fingerprint density at radius 3 is 3.11 bits per heavy atom. The molecule has 0 atom stereocenters. The van der Waals surface area contributed by atoms with Crippen LogP contribution in [0.4, 0.5) is 5.69 Å². The quantitative estimate of drug-likeness (QED) is 0.876. The third kappa shape index (κ3) is 1.48. The predicted molar refractivity (Wildman–Crippen MR) is 69.2 cm³/mol. The first-order valence-corrected chi connectivity index (χ1v) is 6.06. The first-order valence-electron chi connectivity index (χ1n) is 6.06. The number of amides is 1. The van der Waals surface area contributed by atoms with E-state index in [-0.39, 0.29) is 5.91 Å². The fraction of sp³-hybridized carbons (Fsp3) is 0.143. The highest BCUT2D eigenvalue weighted by atomic mass is 16.2. The molecule has 5 nitrogen and oxygen atoms in total. The molecule has 1 aromatic rings. The van der Waals surface area contributed by atoms with Gasteiger partial charge >= 0.3 is 0 Å². The second-order valence-electron chi connectivity index (χ2n) is 4.78. The van der Waals surface area contributed by atoms with E-state index in [4.69, 9.17) is 0 Å². The van der Waals surface area contributed by atoms with Gasteiger partial charge in [-0.2, -0.15) is 0 Å². The number of hydrogen-bond acceptors (Lipinski definition) is 4. The molecule has 3 aliphatic rings. The summed E-state index contributed by atoms with van der Waals surface area (Å²) >= 11 is 0. The molecule has 0 spiro atoms. The lowest BCUT2D eigenvalue weighted by Crippen LogP contribution is -2.14. The van der Waals surface area contributed by atoms with Gasteiger partial charge in [-0.05, 0) is 35.8 Å². The number of anilines is 1. The van der Waals surface area contributed by atoms with Crippen molar-refractivity contribution in [3.63, 3.8) is 0 Å². The number of carbonyl (C=O) groups excluding carboxylic acids is 1. The van der Waals surface area contributed by atoms with E-state index < -0.39 is 0 Å². The number of aromatic nitrogens is 1. The summed E-state index contributed by atoms with van der Waals surface area (Å²) in [5, 5.41) is 10.9. The molecule has 1 N–H and O–H groups in total. The van der Waals surface area contributed by atoms with Gasteiger partial charge in [0.25, 0.3) is 5.91 Å². The van der Waals surface area contributed by atoms with Gasteiger partial charge < -0.3 is 5.32 Å². The third-order valence-electron chi connectivity index (χ3n) is 3.48. The summed E-state index contributed by atoms with van der Waals surface area (Å²) in [6.45, 7) is 1.90. The van der Waals surface area contributed by atoms with Gasteiger partial charge in [0.2, 0.25) is 0 Å². The predicted octanol–water partition coefficient (Wildman–Crippen LogP) is 2.65. The molecule has 1 fully saturated rings. The molecule has 0 radical (unpaired) electrons. The molecule has 5 heteroatoms. The second-order valence-corrected chi connectivity index (χ2v) is 4.78. The van der Waals surface area contributed by atoms with Crippen molar-refractivity contribution < 1.29 is 4.79 Å². The lowest BCUT2D eigenvalue weighted by atomic mass is 10.1. The highest BCUT2D eigenvalue weighted by Crippen LogP contribution is 2.51. The normalized spacial score (nSPS) is 18.5. The molecule has 19 heavy (non-hydrogen) atoms. The molecule has 0 saturated heterocycles. The summed E-state index contributed by atoms with van der Waals surface area (Å²) in [6, 6.07) is 1.77. The number of nitrogens with zero attached hydrogens (tertiary/aromatic N) is 3. The van der Waals surface area contributed by atoms with Crippen LogP contribution < -0.4 is 5.32 Å². The van der Waals surface area contributed by atoms with Crippen LogP contribution in [0.15, 0.2) is 62.9 Å². The molecule has 1 aliphatic heterocycles. The second kappa shape index (κ2) is 3.47. The summed E-state index contributed by atoms with van der Waals surface area (Å²) in [6.07, 6.45) is 6.37. The number of allylic oxidation sites excluding steroid dienone is 3. The van der Waals surface area contributed by atoms with Crippen LogP contribution in [0, 0.1) is 6.92 Å². The minimum atomic E-state index is -0.221. The first-order chi connectivity index (χ1) is 9.24. The van der Waals surface area contributed by atoms with Crippen LogP contribution >= 0.6 is 0 Å². The van der Waals surface area contributed by atoms with Crippen molar-refractivity contribution in [1.82, 2.24) is 4.98 Å². The van der Waals surface area contributed by atoms with Gasteiger partial charge in [0, 0.05) is 30.1 Å². The standard InChI is InChI=1S/C14H10N4O/c1-7-6-15-3-2-11(7)16-14(19)13-10-5-8-4-9(8)12(10)17-18-13/h2-3,5-6H,4H2,1H3,(H,15,16,19). The third-order valence-corrected chi connectivity index (χ3v) is 3.48. The van der Waals surface area contributed by atoms with Crippen LogP contribution in [-0.4, -0.2) is 10.9 Å². The molecular formula is C14H10N4O. The Morgan fingerprint density at radius 2 is 2.26 bits per heavy atom. The van der Waals surface area contributed by atoms with Crippen LogP contribution in [0.5, 0.6) is 0 Å². The van der Waals surface area contributed by atoms with E-state index in [1.807, 2.05) is 13.0 Å². The number of nitrogens with one attached hydrogen (secondary N) is 1. The van der Waals surface area contributed by atoms with Gasteiger partial charge in [-0.1, -0.05) is 0 Å². The average Bonchev–Trinajstić information content (AvgIpc) is 2.89. The molecule has 1 saturated carbocycles. The van der Waals surface area contributed by atoms with Gasteiger partial charge in [0.05, 0.1) is 5.70 Å². The number of azo groups is 1. The van der Waals surface area contributed by atoms with Crippen LogP contribution in [0.2, 0.25) is 0 Å². The summed E-state index contributed by atoms with van der Waals surface area (Å²) in [7, 11) is 0. The molecule has 1 amide bonds. The van der Waals surface area contributed by atoms with Crippen molar-refractivity contribution in [1.29, 1.82) is 0 Å². The highest BCUT2D eigenvalue weighted by molar-refractivity contribution is 6.06. The van der Waals surface area contributed by atoms with Crippen molar-refractivity contribution in [3.8, 4) is 0 Å². The molecule has 0 bridgehead atoms. The van der Waals surface area contributed by atoms with Crippen molar-refractivity contribution >= 4 is 11.6 Å². The number of carbonyl (C=O) groups is 1. The van der Waals surface area contributed by atoms with Crippen LogP contribution in [0.3, 0.4) is 0 Å². The summed E-state index contributed by atoms with van der Waals surface area (Å²) < 4.78 is 0. The number of fused-ring (bicyclic) bond motifs is 2. The van der Waals surface area contributed by atoms with E-state index in [0.717, 1.165) is 28.9 Å². The fourth-order valence-electron chi connectivity index (χ4n) is 2.34. The van der Waals surface area contributed by atoms with Crippen LogP contribution in [-0.2, 0) is 4.79 Å². The zero-order valence-electron chi connectivity index (χ0n) is 10.3. The molecule has 0 unspecified atom stereocenters. The van der Waals surface area contributed by atoms with Gasteiger partial charge in [0.15, 0.2) is 5.70 Å². The van der Waals surface area contributed by atoms with Crippen molar-refractivity contribution in [3.05, 3.63) is 58.2 Å². The molecule has 92 valence electrons. The van der Waals surface area contributed by atoms with Crippen LogP contribution in [0.1, 0.15) is 12.0 Å². The Labute approximate surface area is 109 Å². The minimum Gasteiger partial charge on any atom is -0.320 e. The number of hydrogen-bond donors (Lipinski definition) is 1. The zero-order chi connectivity index (χ0) is 13.0. The van der Waals surface area contributed by atoms with E-state index in [1.165, 1.54) is 11.1 Å². The van der Waals surface area contributed by atoms with Gasteiger partial charge in [-0.25, -0.2) is 0 Å². The Morgan fingerprint density at radius 1 is 1.37 bits per heavy atom. The Bertz CT molecular complexity index is 752. The van der Waals surface area contributed by atoms with Crippen LogP contribution in [0.25, 0.3) is 0 Å². The number of rotatable bonds is 2. The van der Waals surface area contributed by atoms with E-state index in [9.17, 15) is 4.79 Å². The number of aryl methyl sites for hydroxylation is 1. The zero-order valence-corrected chi connectivity index (χ0v) is 10.3. The van der Waals surface area contributed by atoms with E-state index in [1.54, 1.807) is 18.5 Å². The average molecular weight is 250 g/mol. The van der Waals surface area contributed by atoms with E-state index in [2.05, 4.69) is 20.5 Å². The SMILES string of the molecule is Cc1cnccc1NC(=O)C1=C2C=C3CC3=C2N=N1. The molecular weight excluding hydrogens is 240 g/mol. The largest absolute Gasteiger partial charge is 0.320 e. The molecule has 2 heterocycles. The van der Waals surface area contributed by atoms with Crippen molar-refractivity contribution in [2.75, 3.05) is 5.32 Å². The molecule has 4 rings (SSSR count). The smallest absolute Gasteiger partial charge is 0.276 e. The fourth-order valence-corrected chi connectivity index (χ4v) is 2.34. The molecule has 0 aromatic carbocycles.